The average Bonchev–Trinajstić information content (AvgIpc) is 2.96. The van der Waals surface area contributed by atoms with Crippen LogP contribution in [0.15, 0.2) is 18.2 Å². The van der Waals surface area contributed by atoms with Gasteiger partial charge in [-0.1, -0.05) is 30.5 Å². The first-order valence-electron chi connectivity index (χ1n) is 7.51. The van der Waals surface area contributed by atoms with Gasteiger partial charge >= 0.3 is 0 Å². The van der Waals surface area contributed by atoms with Crippen molar-refractivity contribution in [2.45, 2.75) is 38.6 Å². The second-order valence-electron chi connectivity index (χ2n) is 5.64. The fraction of sp³-hybridized carbons (Fsp3) is 0.562. The van der Waals surface area contributed by atoms with E-state index in [1.54, 1.807) is 6.07 Å². The SMILES string of the molecule is Cc1ccc(Cl)cc1NC(=O)CN(CCO)C1CCCC1. The third-order valence-electron chi connectivity index (χ3n) is 4.05. The minimum absolute atomic E-state index is 0.0549. The van der Waals surface area contributed by atoms with Crippen molar-refractivity contribution in [3.8, 4) is 0 Å². The van der Waals surface area contributed by atoms with Crippen LogP contribution in [0.5, 0.6) is 0 Å². The molecule has 0 radical (unpaired) electrons. The van der Waals surface area contributed by atoms with Gasteiger partial charge in [0.15, 0.2) is 0 Å². The van der Waals surface area contributed by atoms with E-state index in [0.29, 0.717) is 24.2 Å². The summed E-state index contributed by atoms with van der Waals surface area (Å²) < 4.78 is 0. The number of anilines is 1. The number of aryl methyl sites for hydroxylation is 1. The van der Waals surface area contributed by atoms with Crippen LogP contribution < -0.4 is 5.32 Å². The maximum Gasteiger partial charge on any atom is 0.238 e. The second kappa shape index (κ2) is 7.78. The number of aliphatic hydroxyl groups is 1. The summed E-state index contributed by atoms with van der Waals surface area (Å²) in [6.45, 7) is 2.89. The summed E-state index contributed by atoms with van der Waals surface area (Å²) in [6.07, 6.45) is 4.65. The maximum atomic E-state index is 12.2. The molecule has 2 N–H and O–H groups in total. The Hall–Kier alpha value is -1.10. The van der Waals surface area contributed by atoms with Crippen molar-refractivity contribution in [1.29, 1.82) is 0 Å². The Morgan fingerprint density at radius 3 is 2.81 bits per heavy atom. The van der Waals surface area contributed by atoms with Crippen LogP contribution in [0.1, 0.15) is 31.2 Å². The molecule has 0 bridgehead atoms. The lowest BCUT2D eigenvalue weighted by atomic mass is 10.2. The molecule has 0 atom stereocenters. The van der Waals surface area contributed by atoms with Crippen molar-refractivity contribution < 1.29 is 9.90 Å². The van der Waals surface area contributed by atoms with Gasteiger partial charge in [-0.3, -0.25) is 9.69 Å². The molecule has 1 aromatic rings. The van der Waals surface area contributed by atoms with Crippen LogP contribution in [0, 0.1) is 6.92 Å². The second-order valence-corrected chi connectivity index (χ2v) is 6.08. The van der Waals surface area contributed by atoms with Crippen molar-refractivity contribution in [3.05, 3.63) is 28.8 Å². The molecule has 0 saturated heterocycles. The number of rotatable bonds is 6. The number of nitrogens with zero attached hydrogens (tertiary/aromatic N) is 1. The third kappa shape index (κ3) is 4.70. The van der Waals surface area contributed by atoms with Crippen molar-refractivity contribution in [1.82, 2.24) is 4.90 Å². The Morgan fingerprint density at radius 1 is 1.43 bits per heavy atom. The molecule has 1 amide bonds. The molecule has 1 saturated carbocycles. The fourth-order valence-electron chi connectivity index (χ4n) is 2.89. The minimum atomic E-state index is -0.0549. The Kier molecular flexibility index (Phi) is 6.03. The molecule has 4 nitrogen and oxygen atoms in total. The number of halogens is 1. The van der Waals surface area contributed by atoms with Crippen LogP contribution in [-0.4, -0.2) is 41.7 Å². The highest BCUT2D eigenvalue weighted by Gasteiger charge is 2.24. The number of nitrogens with one attached hydrogen (secondary N) is 1. The molecule has 2 rings (SSSR count). The van der Waals surface area contributed by atoms with Gasteiger partial charge in [0.05, 0.1) is 13.2 Å². The zero-order chi connectivity index (χ0) is 15.2. The van der Waals surface area contributed by atoms with E-state index in [2.05, 4.69) is 10.2 Å². The summed E-state index contributed by atoms with van der Waals surface area (Å²) in [6, 6.07) is 5.88. The zero-order valence-corrected chi connectivity index (χ0v) is 13.2. The molecule has 0 heterocycles. The van der Waals surface area contributed by atoms with E-state index in [1.807, 2.05) is 19.1 Å². The van der Waals surface area contributed by atoms with Gasteiger partial charge in [0, 0.05) is 23.3 Å². The minimum Gasteiger partial charge on any atom is -0.395 e. The smallest absolute Gasteiger partial charge is 0.238 e. The summed E-state index contributed by atoms with van der Waals surface area (Å²) in [7, 11) is 0. The van der Waals surface area contributed by atoms with Gasteiger partial charge in [0.25, 0.3) is 0 Å². The Labute approximate surface area is 131 Å². The number of hydrogen-bond donors (Lipinski definition) is 2. The van der Waals surface area contributed by atoms with Crippen molar-refractivity contribution in [3.63, 3.8) is 0 Å². The van der Waals surface area contributed by atoms with Crippen LogP contribution in [-0.2, 0) is 4.79 Å². The molecule has 0 aromatic heterocycles. The van der Waals surface area contributed by atoms with Gasteiger partial charge in [0.2, 0.25) is 5.91 Å². The van der Waals surface area contributed by atoms with Gasteiger partial charge in [-0.2, -0.15) is 0 Å². The molecule has 1 fully saturated rings. The van der Waals surface area contributed by atoms with Crippen LogP contribution in [0.3, 0.4) is 0 Å². The van der Waals surface area contributed by atoms with Gasteiger partial charge in [-0.25, -0.2) is 0 Å². The van der Waals surface area contributed by atoms with E-state index in [-0.39, 0.29) is 12.5 Å². The van der Waals surface area contributed by atoms with E-state index >= 15 is 0 Å². The molecule has 0 unspecified atom stereocenters. The molecular formula is C16H23ClN2O2. The Balaban J connectivity index is 1.96. The van der Waals surface area contributed by atoms with Gasteiger partial charge in [0.1, 0.15) is 0 Å². The van der Waals surface area contributed by atoms with Crippen LogP contribution in [0.2, 0.25) is 5.02 Å². The average molecular weight is 311 g/mol. The molecule has 21 heavy (non-hydrogen) atoms. The molecule has 0 spiro atoms. The number of aliphatic hydroxyl groups excluding tert-OH is 1. The number of carbonyl (C=O) groups is 1. The first-order chi connectivity index (χ1) is 10.1. The van der Waals surface area contributed by atoms with Crippen molar-refractivity contribution >= 4 is 23.2 Å². The number of carbonyl (C=O) groups excluding carboxylic acids is 1. The molecule has 1 aromatic carbocycles. The van der Waals surface area contributed by atoms with Gasteiger partial charge in [-0.15, -0.1) is 0 Å². The van der Waals surface area contributed by atoms with E-state index in [9.17, 15) is 9.90 Å². The molecule has 5 heteroatoms. The summed E-state index contributed by atoms with van der Waals surface area (Å²) in [4.78, 5) is 14.3. The highest BCUT2D eigenvalue weighted by Crippen LogP contribution is 2.24. The highest BCUT2D eigenvalue weighted by molar-refractivity contribution is 6.31. The lowest BCUT2D eigenvalue weighted by molar-refractivity contribution is -0.118. The van der Waals surface area contributed by atoms with E-state index in [1.165, 1.54) is 12.8 Å². The first-order valence-corrected chi connectivity index (χ1v) is 7.89. The van der Waals surface area contributed by atoms with E-state index in [0.717, 1.165) is 24.1 Å². The molecule has 116 valence electrons. The number of amides is 1. The first kappa shape index (κ1) is 16.3. The maximum absolute atomic E-state index is 12.2. The molecule has 1 aliphatic rings. The van der Waals surface area contributed by atoms with Crippen LogP contribution >= 0.6 is 11.6 Å². The predicted octanol–water partition coefficient (Wildman–Crippen LogP) is 2.82. The van der Waals surface area contributed by atoms with Gasteiger partial charge < -0.3 is 10.4 Å². The zero-order valence-electron chi connectivity index (χ0n) is 12.4. The largest absolute Gasteiger partial charge is 0.395 e. The molecular weight excluding hydrogens is 288 g/mol. The van der Waals surface area contributed by atoms with Crippen molar-refractivity contribution in [2.24, 2.45) is 0 Å². The standard InChI is InChI=1S/C16H23ClN2O2/c1-12-6-7-13(17)10-15(12)18-16(21)11-19(8-9-20)14-4-2-3-5-14/h6-7,10,14,20H,2-5,8-9,11H2,1H3,(H,18,21). The summed E-state index contributed by atoms with van der Waals surface area (Å²) >= 11 is 5.96. The highest BCUT2D eigenvalue weighted by atomic mass is 35.5. The van der Waals surface area contributed by atoms with Crippen LogP contribution in [0.25, 0.3) is 0 Å². The fourth-order valence-corrected chi connectivity index (χ4v) is 3.06. The quantitative estimate of drug-likeness (QED) is 0.849. The summed E-state index contributed by atoms with van der Waals surface area (Å²) in [5, 5.41) is 12.7. The lowest BCUT2D eigenvalue weighted by Crippen LogP contribution is -2.41. The summed E-state index contributed by atoms with van der Waals surface area (Å²) in [5.74, 6) is -0.0549. The Morgan fingerprint density at radius 2 is 2.14 bits per heavy atom. The Bertz CT molecular complexity index is 487. The third-order valence-corrected chi connectivity index (χ3v) is 4.28. The monoisotopic (exact) mass is 310 g/mol. The van der Waals surface area contributed by atoms with Crippen molar-refractivity contribution in [2.75, 3.05) is 25.0 Å². The van der Waals surface area contributed by atoms with Crippen LogP contribution in [0.4, 0.5) is 5.69 Å². The van der Waals surface area contributed by atoms with Gasteiger partial charge in [-0.05, 0) is 37.5 Å². The van der Waals surface area contributed by atoms with E-state index < -0.39 is 0 Å². The molecule has 0 aliphatic heterocycles. The number of benzene rings is 1. The predicted molar refractivity (Wildman–Crippen MR) is 85.7 cm³/mol. The summed E-state index contributed by atoms with van der Waals surface area (Å²) in [5.41, 5.74) is 1.74. The van der Waals surface area contributed by atoms with E-state index in [4.69, 9.17) is 11.6 Å². The number of hydrogen-bond acceptors (Lipinski definition) is 3. The normalized spacial score (nSPS) is 15.6. The molecule has 1 aliphatic carbocycles. The lowest BCUT2D eigenvalue weighted by Gasteiger charge is -2.27. The topological polar surface area (TPSA) is 52.6 Å².